The van der Waals surface area contributed by atoms with E-state index in [2.05, 4.69) is 10.3 Å². The van der Waals surface area contributed by atoms with Crippen molar-refractivity contribution >= 4 is 23.8 Å². The van der Waals surface area contributed by atoms with Gasteiger partial charge in [-0.25, -0.2) is 9.79 Å². The normalized spacial score (nSPS) is 29.1. The molecule has 0 aliphatic carbocycles. The number of nitrogens with one attached hydrogen (secondary N) is 1. The van der Waals surface area contributed by atoms with Crippen LogP contribution in [-0.2, 0) is 4.79 Å². The standard InChI is InChI=1S/C6H7ClN2O2/c1-4-2-3-8-6(7,9-4)5(10)11/h2-3,9H,1H3,(H,10,11). The van der Waals surface area contributed by atoms with E-state index in [4.69, 9.17) is 16.7 Å². The second-order valence-electron chi connectivity index (χ2n) is 2.18. The van der Waals surface area contributed by atoms with Gasteiger partial charge in [-0.15, -0.1) is 0 Å². The van der Waals surface area contributed by atoms with Crippen molar-refractivity contribution < 1.29 is 9.90 Å². The number of carboxylic acid groups (broad SMARTS) is 1. The van der Waals surface area contributed by atoms with Gasteiger partial charge in [0.25, 0.3) is 0 Å². The fourth-order valence-electron chi connectivity index (χ4n) is 0.696. The van der Waals surface area contributed by atoms with Crippen LogP contribution in [0.5, 0.6) is 0 Å². The summed E-state index contributed by atoms with van der Waals surface area (Å²) in [6, 6.07) is 0. The summed E-state index contributed by atoms with van der Waals surface area (Å²) in [7, 11) is 0. The Kier molecular flexibility index (Phi) is 1.87. The van der Waals surface area contributed by atoms with Crippen molar-refractivity contribution in [3.63, 3.8) is 0 Å². The Morgan fingerprint density at radius 1 is 1.91 bits per heavy atom. The van der Waals surface area contributed by atoms with Gasteiger partial charge >= 0.3 is 11.1 Å². The molecule has 0 aromatic heterocycles. The Bertz CT molecular complexity index is 249. The maximum Gasteiger partial charge on any atom is 0.369 e. The number of aliphatic carboxylic acids is 1. The number of hydrogen-bond acceptors (Lipinski definition) is 3. The molecule has 1 rings (SSSR count). The fraction of sp³-hybridized carbons (Fsp3) is 0.333. The monoisotopic (exact) mass is 174 g/mol. The summed E-state index contributed by atoms with van der Waals surface area (Å²) in [5, 5.41) is 9.39. The van der Waals surface area contributed by atoms with Crippen LogP contribution in [0, 0.1) is 0 Å². The highest BCUT2D eigenvalue weighted by Crippen LogP contribution is 2.17. The molecule has 0 bridgehead atoms. The SMILES string of the molecule is CC1=CC=NC(Cl)(C(=O)O)N1. The van der Waals surface area contributed by atoms with Gasteiger partial charge in [0.15, 0.2) is 0 Å². The molecule has 0 aromatic rings. The van der Waals surface area contributed by atoms with E-state index in [1.807, 2.05) is 0 Å². The zero-order valence-corrected chi connectivity index (χ0v) is 6.59. The molecule has 1 unspecified atom stereocenters. The van der Waals surface area contributed by atoms with Crippen LogP contribution in [0.3, 0.4) is 0 Å². The smallest absolute Gasteiger partial charge is 0.369 e. The van der Waals surface area contributed by atoms with Gasteiger partial charge in [-0.3, -0.25) is 0 Å². The van der Waals surface area contributed by atoms with E-state index in [-0.39, 0.29) is 0 Å². The Hall–Kier alpha value is -1.03. The number of carboxylic acids is 1. The largest absolute Gasteiger partial charge is 0.477 e. The molecule has 1 aliphatic heterocycles. The molecule has 4 nitrogen and oxygen atoms in total. The third-order valence-corrected chi connectivity index (χ3v) is 1.58. The Balaban J connectivity index is 2.86. The summed E-state index contributed by atoms with van der Waals surface area (Å²) in [5.41, 5.74) is 0.678. The van der Waals surface area contributed by atoms with Crippen LogP contribution in [0.1, 0.15) is 6.92 Å². The first-order valence-corrected chi connectivity index (χ1v) is 3.35. The molecule has 0 aromatic carbocycles. The molecule has 1 atom stereocenters. The van der Waals surface area contributed by atoms with Crippen LogP contribution in [0.15, 0.2) is 16.8 Å². The van der Waals surface area contributed by atoms with Crippen LogP contribution >= 0.6 is 11.6 Å². The Labute approximate surface area is 68.6 Å². The summed E-state index contributed by atoms with van der Waals surface area (Å²) in [5.74, 6) is -1.21. The minimum absolute atomic E-state index is 0.678. The molecule has 0 saturated carbocycles. The molecular weight excluding hydrogens is 168 g/mol. The van der Waals surface area contributed by atoms with Crippen molar-refractivity contribution in [3.8, 4) is 0 Å². The summed E-state index contributed by atoms with van der Waals surface area (Å²) in [4.78, 5) is 14.1. The van der Waals surface area contributed by atoms with E-state index < -0.39 is 11.1 Å². The highest BCUT2D eigenvalue weighted by molar-refractivity contribution is 6.33. The first kappa shape index (κ1) is 8.07. The second-order valence-corrected chi connectivity index (χ2v) is 2.73. The van der Waals surface area contributed by atoms with Gasteiger partial charge in [0, 0.05) is 11.9 Å². The molecule has 2 N–H and O–H groups in total. The lowest BCUT2D eigenvalue weighted by molar-refractivity contribution is -0.140. The molecule has 60 valence electrons. The van der Waals surface area contributed by atoms with Gasteiger partial charge in [0.2, 0.25) is 0 Å². The van der Waals surface area contributed by atoms with E-state index in [0.29, 0.717) is 5.70 Å². The Morgan fingerprint density at radius 2 is 2.55 bits per heavy atom. The van der Waals surface area contributed by atoms with E-state index in [1.54, 1.807) is 13.0 Å². The Morgan fingerprint density at radius 3 is 2.91 bits per heavy atom. The number of nitrogens with zero attached hydrogens (tertiary/aromatic N) is 1. The number of carbonyl (C=O) groups is 1. The van der Waals surface area contributed by atoms with Crippen LogP contribution in [-0.4, -0.2) is 22.4 Å². The topological polar surface area (TPSA) is 61.7 Å². The van der Waals surface area contributed by atoms with Crippen LogP contribution in [0.2, 0.25) is 0 Å². The van der Waals surface area contributed by atoms with Crippen LogP contribution in [0.4, 0.5) is 0 Å². The molecule has 1 aliphatic rings. The third-order valence-electron chi connectivity index (χ3n) is 1.22. The minimum atomic E-state index is -1.71. The molecule has 0 amide bonds. The maximum absolute atomic E-state index is 10.5. The summed E-state index contributed by atoms with van der Waals surface area (Å²) < 4.78 is 0. The molecule has 0 spiro atoms. The van der Waals surface area contributed by atoms with Crippen molar-refractivity contribution in [1.29, 1.82) is 0 Å². The maximum atomic E-state index is 10.5. The molecule has 0 fully saturated rings. The van der Waals surface area contributed by atoms with Crippen molar-refractivity contribution in [1.82, 2.24) is 5.32 Å². The quantitative estimate of drug-likeness (QED) is 0.451. The van der Waals surface area contributed by atoms with E-state index in [9.17, 15) is 4.79 Å². The van der Waals surface area contributed by atoms with Crippen molar-refractivity contribution in [2.24, 2.45) is 4.99 Å². The lowest BCUT2D eigenvalue weighted by Crippen LogP contribution is -2.45. The summed E-state index contributed by atoms with van der Waals surface area (Å²) in [6.45, 7) is 1.71. The first-order chi connectivity index (χ1) is 5.04. The summed E-state index contributed by atoms with van der Waals surface area (Å²) in [6.07, 6.45) is 3.01. The number of allylic oxidation sites excluding steroid dienone is 2. The lowest BCUT2D eigenvalue weighted by atomic mass is 10.3. The van der Waals surface area contributed by atoms with Gasteiger partial charge in [-0.1, -0.05) is 11.6 Å². The van der Waals surface area contributed by atoms with Gasteiger partial charge in [-0.2, -0.15) is 0 Å². The first-order valence-electron chi connectivity index (χ1n) is 2.97. The molecular formula is C6H7ClN2O2. The second kappa shape index (κ2) is 2.54. The average Bonchev–Trinajstić information content (AvgIpc) is 1.86. The molecule has 0 radical (unpaired) electrons. The van der Waals surface area contributed by atoms with Gasteiger partial charge < -0.3 is 10.4 Å². The summed E-state index contributed by atoms with van der Waals surface area (Å²) >= 11 is 5.56. The number of rotatable bonds is 1. The third kappa shape index (κ3) is 1.51. The highest BCUT2D eigenvalue weighted by atomic mass is 35.5. The minimum Gasteiger partial charge on any atom is -0.477 e. The van der Waals surface area contributed by atoms with E-state index >= 15 is 0 Å². The predicted molar refractivity (Wildman–Crippen MR) is 41.6 cm³/mol. The molecule has 5 heteroatoms. The van der Waals surface area contributed by atoms with E-state index in [0.717, 1.165) is 0 Å². The number of halogens is 1. The number of alkyl halides is 1. The number of aliphatic imine (C=N–C) groups is 1. The van der Waals surface area contributed by atoms with Gasteiger partial charge in [-0.05, 0) is 13.0 Å². The van der Waals surface area contributed by atoms with Crippen LogP contribution in [0.25, 0.3) is 0 Å². The molecule has 0 saturated heterocycles. The number of hydrogen-bond donors (Lipinski definition) is 2. The zero-order valence-electron chi connectivity index (χ0n) is 5.84. The van der Waals surface area contributed by atoms with Crippen molar-refractivity contribution in [2.75, 3.05) is 0 Å². The predicted octanol–water partition coefficient (Wildman–Crippen LogP) is 0.541. The van der Waals surface area contributed by atoms with Crippen molar-refractivity contribution in [3.05, 3.63) is 11.8 Å². The van der Waals surface area contributed by atoms with Gasteiger partial charge in [0.05, 0.1) is 0 Å². The van der Waals surface area contributed by atoms with Crippen molar-refractivity contribution in [2.45, 2.75) is 12.0 Å². The fourth-order valence-corrected chi connectivity index (χ4v) is 0.901. The van der Waals surface area contributed by atoms with Crippen LogP contribution < -0.4 is 5.32 Å². The molecule has 1 heterocycles. The molecule has 11 heavy (non-hydrogen) atoms. The average molecular weight is 175 g/mol. The highest BCUT2D eigenvalue weighted by Gasteiger charge is 2.36. The van der Waals surface area contributed by atoms with E-state index in [1.165, 1.54) is 6.21 Å². The lowest BCUT2D eigenvalue weighted by Gasteiger charge is -2.22. The zero-order chi connectivity index (χ0) is 8.48. The van der Waals surface area contributed by atoms with Gasteiger partial charge in [0.1, 0.15) is 0 Å².